The Morgan fingerprint density at radius 1 is 1.28 bits per heavy atom. The van der Waals surface area contributed by atoms with Crippen molar-refractivity contribution >= 4 is 0 Å². The number of aliphatic hydroxyl groups is 1. The van der Waals surface area contributed by atoms with Gasteiger partial charge in [0.2, 0.25) is 0 Å². The minimum absolute atomic E-state index is 0.213. The van der Waals surface area contributed by atoms with E-state index in [-0.39, 0.29) is 5.41 Å². The maximum Gasteiger partial charge on any atom is 0.0499 e. The second kappa shape index (κ2) is 6.36. The SMILES string of the molecule is CCN1CCCC1CN(C)CC1(CO)CCCC1. The highest BCUT2D eigenvalue weighted by Gasteiger charge is 2.35. The topological polar surface area (TPSA) is 26.7 Å². The molecular weight excluding hydrogens is 224 g/mol. The van der Waals surface area contributed by atoms with Gasteiger partial charge in [0, 0.05) is 31.2 Å². The molecule has 1 aliphatic heterocycles. The molecule has 1 aliphatic carbocycles. The van der Waals surface area contributed by atoms with E-state index in [2.05, 4.69) is 23.8 Å². The minimum Gasteiger partial charge on any atom is -0.396 e. The van der Waals surface area contributed by atoms with Crippen molar-refractivity contribution in [2.45, 2.75) is 51.5 Å². The molecule has 2 rings (SSSR count). The molecule has 0 spiro atoms. The van der Waals surface area contributed by atoms with Crippen molar-refractivity contribution in [3.8, 4) is 0 Å². The molecule has 18 heavy (non-hydrogen) atoms. The highest BCUT2D eigenvalue weighted by Crippen LogP contribution is 2.38. The molecule has 1 atom stereocenters. The molecule has 3 nitrogen and oxygen atoms in total. The van der Waals surface area contributed by atoms with Crippen LogP contribution in [0.3, 0.4) is 0 Å². The molecule has 0 bridgehead atoms. The summed E-state index contributed by atoms with van der Waals surface area (Å²) in [6.45, 7) is 7.36. The Bertz CT molecular complexity index is 251. The van der Waals surface area contributed by atoms with E-state index >= 15 is 0 Å². The van der Waals surface area contributed by atoms with Gasteiger partial charge in [0.05, 0.1) is 0 Å². The number of likely N-dealkylation sites (N-methyl/N-ethyl adjacent to an activating group) is 2. The minimum atomic E-state index is 0.213. The van der Waals surface area contributed by atoms with Crippen molar-refractivity contribution in [3.05, 3.63) is 0 Å². The predicted octanol–water partition coefficient (Wildman–Crippen LogP) is 1.96. The molecule has 0 aromatic heterocycles. The summed E-state index contributed by atoms with van der Waals surface area (Å²) in [6.07, 6.45) is 7.76. The summed E-state index contributed by atoms with van der Waals surface area (Å²) in [7, 11) is 2.24. The molecule has 0 amide bonds. The van der Waals surface area contributed by atoms with Crippen molar-refractivity contribution in [2.75, 3.05) is 39.8 Å². The van der Waals surface area contributed by atoms with Crippen molar-refractivity contribution in [1.29, 1.82) is 0 Å². The second-order valence-corrected chi connectivity index (χ2v) is 6.49. The molecule has 0 radical (unpaired) electrons. The highest BCUT2D eigenvalue weighted by molar-refractivity contribution is 4.88. The van der Waals surface area contributed by atoms with E-state index in [4.69, 9.17) is 0 Å². The predicted molar refractivity (Wildman–Crippen MR) is 75.8 cm³/mol. The van der Waals surface area contributed by atoms with E-state index in [1.807, 2.05) is 0 Å². The van der Waals surface area contributed by atoms with Crippen LogP contribution in [-0.4, -0.2) is 60.8 Å². The van der Waals surface area contributed by atoms with Crippen LogP contribution in [0.1, 0.15) is 45.4 Å². The van der Waals surface area contributed by atoms with Crippen LogP contribution in [-0.2, 0) is 0 Å². The first-order valence-corrected chi connectivity index (χ1v) is 7.72. The first-order valence-electron chi connectivity index (χ1n) is 7.72. The van der Waals surface area contributed by atoms with E-state index in [1.54, 1.807) is 0 Å². The number of rotatable bonds is 6. The number of hydrogen-bond donors (Lipinski definition) is 1. The Labute approximate surface area is 112 Å². The molecule has 0 aromatic carbocycles. The quantitative estimate of drug-likeness (QED) is 0.785. The standard InChI is InChI=1S/C15H30N2O/c1-3-17-10-6-7-14(17)11-16(2)12-15(13-18)8-4-5-9-15/h14,18H,3-13H2,1-2H3. The molecule has 2 fully saturated rings. The maximum atomic E-state index is 9.69. The molecule has 1 saturated carbocycles. The van der Waals surface area contributed by atoms with Gasteiger partial charge in [-0.15, -0.1) is 0 Å². The van der Waals surface area contributed by atoms with Crippen LogP contribution in [0.2, 0.25) is 0 Å². The van der Waals surface area contributed by atoms with Crippen LogP contribution < -0.4 is 0 Å². The van der Waals surface area contributed by atoms with Gasteiger partial charge in [0.1, 0.15) is 0 Å². The Kier molecular flexibility index (Phi) is 5.05. The fourth-order valence-electron chi connectivity index (χ4n) is 4.01. The van der Waals surface area contributed by atoms with Gasteiger partial charge in [0.15, 0.2) is 0 Å². The highest BCUT2D eigenvalue weighted by atomic mass is 16.3. The van der Waals surface area contributed by atoms with Crippen LogP contribution in [0.25, 0.3) is 0 Å². The summed E-state index contributed by atoms with van der Waals surface area (Å²) < 4.78 is 0. The Hall–Kier alpha value is -0.120. The molecule has 1 saturated heterocycles. The fraction of sp³-hybridized carbons (Fsp3) is 1.00. The molecule has 106 valence electrons. The van der Waals surface area contributed by atoms with E-state index in [1.165, 1.54) is 58.2 Å². The second-order valence-electron chi connectivity index (χ2n) is 6.49. The molecular formula is C15H30N2O. The van der Waals surface area contributed by atoms with Gasteiger partial charge in [-0.25, -0.2) is 0 Å². The molecule has 0 aromatic rings. The van der Waals surface area contributed by atoms with E-state index in [0.717, 1.165) is 12.6 Å². The fourth-order valence-corrected chi connectivity index (χ4v) is 4.01. The smallest absolute Gasteiger partial charge is 0.0499 e. The number of hydrogen-bond acceptors (Lipinski definition) is 3. The van der Waals surface area contributed by atoms with Gasteiger partial charge in [-0.2, -0.15) is 0 Å². The average Bonchev–Trinajstić information content (AvgIpc) is 2.98. The maximum absolute atomic E-state index is 9.69. The van der Waals surface area contributed by atoms with Crippen LogP contribution in [0.4, 0.5) is 0 Å². The molecule has 1 unspecified atom stereocenters. The van der Waals surface area contributed by atoms with Crippen LogP contribution >= 0.6 is 0 Å². The van der Waals surface area contributed by atoms with Crippen molar-refractivity contribution in [1.82, 2.24) is 9.80 Å². The van der Waals surface area contributed by atoms with Gasteiger partial charge >= 0.3 is 0 Å². The normalized spacial score (nSPS) is 28.3. The Balaban J connectivity index is 1.82. The number of aliphatic hydroxyl groups excluding tert-OH is 1. The Morgan fingerprint density at radius 2 is 2.00 bits per heavy atom. The molecule has 3 heteroatoms. The van der Waals surface area contributed by atoms with Gasteiger partial charge in [-0.3, -0.25) is 4.90 Å². The third kappa shape index (κ3) is 3.25. The first kappa shape index (κ1) is 14.3. The lowest BCUT2D eigenvalue weighted by atomic mass is 9.86. The average molecular weight is 254 g/mol. The van der Waals surface area contributed by atoms with Crippen molar-refractivity contribution in [3.63, 3.8) is 0 Å². The summed E-state index contributed by atoms with van der Waals surface area (Å²) in [5, 5.41) is 9.69. The zero-order valence-corrected chi connectivity index (χ0v) is 12.2. The van der Waals surface area contributed by atoms with E-state index in [0.29, 0.717) is 6.61 Å². The zero-order chi connectivity index (χ0) is 13.0. The van der Waals surface area contributed by atoms with E-state index < -0.39 is 0 Å². The van der Waals surface area contributed by atoms with Crippen LogP contribution in [0.15, 0.2) is 0 Å². The lowest BCUT2D eigenvalue weighted by Crippen LogP contribution is -2.43. The lowest BCUT2D eigenvalue weighted by molar-refractivity contribution is 0.0779. The molecule has 1 heterocycles. The monoisotopic (exact) mass is 254 g/mol. The van der Waals surface area contributed by atoms with Gasteiger partial charge in [-0.1, -0.05) is 19.8 Å². The molecule has 2 aliphatic rings. The largest absolute Gasteiger partial charge is 0.396 e. The third-order valence-corrected chi connectivity index (χ3v) is 5.03. The first-order chi connectivity index (χ1) is 8.69. The lowest BCUT2D eigenvalue weighted by Gasteiger charge is -2.34. The van der Waals surface area contributed by atoms with E-state index in [9.17, 15) is 5.11 Å². The summed E-state index contributed by atoms with van der Waals surface area (Å²) in [4.78, 5) is 5.08. The summed E-state index contributed by atoms with van der Waals surface area (Å²) in [5.41, 5.74) is 0.213. The van der Waals surface area contributed by atoms with Crippen molar-refractivity contribution < 1.29 is 5.11 Å². The van der Waals surface area contributed by atoms with Gasteiger partial charge < -0.3 is 10.0 Å². The van der Waals surface area contributed by atoms with Gasteiger partial charge in [-0.05, 0) is 45.8 Å². The van der Waals surface area contributed by atoms with Gasteiger partial charge in [0.25, 0.3) is 0 Å². The third-order valence-electron chi connectivity index (χ3n) is 5.03. The number of nitrogens with zero attached hydrogens (tertiary/aromatic N) is 2. The summed E-state index contributed by atoms with van der Waals surface area (Å²) >= 11 is 0. The zero-order valence-electron chi connectivity index (χ0n) is 12.2. The Morgan fingerprint density at radius 3 is 2.61 bits per heavy atom. The summed E-state index contributed by atoms with van der Waals surface area (Å²) in [6, 6.07) is 0.747. The summed E-state index contributed by atoms with van der Waals surface area (Å²) in [5.74, 6) is 0. The van der Waals surface area contributed by atoms with Crippen LogP contribution in [0, 0.1) is 5.41 Å². The molecule has 1 N–H and O–H groups in total. The van der Waals surface area contributed by atoms with Crippen molar-refractivity contribution in [2.24, 2.45) is 5.41 Å². The number of likely N-dealkylation sites (tertiary alicyclic amines) is 1. The van der Waals surface area contributed by atoms with Crippen LogP contribution in [0.5, 0.6) is 0 Å².